The van der Waals surface area contributed by atoms with Gasteiger partial charge in [0.2, 0.25) is 5.91 Å². The minimum Gasteiger partial charge on any atom is -0.387 e. The lowest BCUT2D eigenvalue weighted by Gasteiger charge is -2.14. The number of allylic oxidation sites excluding steroid dienone is 1. The van der Waals surface area contributed by atoms with Crippen molar-refractivity contribution in [1.29, 1.82) is 0 Å². The maximum absolute atomic E-state index is 11.8. The van der Waals surface area contributed by atoms with Crippen LogP contribution in [-0.4, -0.2) is 17.6 Å². The molecule has 0 fully saturated rings. The summed E-state index contributed by atoms with van der Waals surface area (Å²) in [6, 6.07) is 7.68. The van der Waals surface area contributed by atoms with Crippen LogP contribution in [0.15, 0.2) is 35.9 Å². The van der Waals surface area contributed by atoms with Gasteiger partial charge in [0, 0.05) is 12.1 Å². The summed E-state index contributed by atoms with van der Waals surface area (Å²) in [5, 5.41) is 12.9. The maximum Gasteiger partial charge on any atom is 0.246 e. The van der Waals surface area contributed by atoms with Crippen molar-refractivity contribution in [3.63, 3.8) is 0 Å². The van der Waals surface area contributed by atoms with E-state index in [-0.39, 0.29) is 12.5 Å². The summed E-state index contributed by atoms with van der Waals surface area (Å²) in [4.78, 5) is 11.8. The quantitative estimate of drug-likeness (QED) is 0.854. The first-order valence-corrected chi connectivity index (χ1v) is 6.39. The van der Waals surface area contributed by atoms with Crippen molar-refractivity contribution in [2.45, 2.75) is 32.3 Å². The molecular weight excluding hydrogens is 226 g/mol. The van der Waals surface area contributed by atoms with Crippen LogP contribution < -0.4 is 5.32 Å². The predicted octanol–water partition coefficient (Wildman–Crippen LogP) is 2.25. The zero-order valence-corrected chi connectivity index (χ0v) is 10.6. The summed E-state index contributed by atoms with van der Waals surface area (Å²) in [6.45, 7) is 2.22. The number of hydrogen-bond donors (Lipinski definition) is 2. The third-order valence-corrected chi connectivity index (χ3v) is 3.34. The van der Waals surface area contributed by atoms with E-state index < -0.39 is 6.10 Å². The third kappa shape index (κ3) is 2.99. The van der Waals surface area contributed by atoms with Crippen LogP contribution in [0.1, 0.15) is 36.5 Å². The van der Waals surface area contributed by atoms with Gasteiger partial charge in [-0.1, -0.05) is 30.3 Å². The average molecular weight is 245 g/mol. The molecule has 1 atom stereocenters. The van der Waals surface area contributed by atoms with Crippen LogP contribution in [-0.2, 0) is 4.79 Å². The second-order valence-electron chi connectivity index (χ2n) is 4.70. The summed E-state index contributed by atoms with van der Waals surface area (Å²) in [7, 11) is 0. The van der Waals surface area contributed by atoms with Gasteiger partial charge >= 0.3 is 0 Å². The molecule has 0 radical (unpaired) electrons. The second kappa shape index (κ2) is 5.83. The Labute approximate surface area is 108 Å². The first kappa shape index (κ1) is 12.8. The van der Waals surface area contributed by atoms with Crippen LogP contribution in [0.3, 0.4) is 0 Å². The summed E-state index contributed by atoms with van der Waals surface area (Å²) < 4.78 is 0. The Bertz CT molecular complexity index is 465. The minimum absolute atomic E-state index is 0.0415. The molecule has 1 amide bonds. The Kier molecular flexibility index (Phi) is 4.15. The molecule has 3 heteroatoms. The lowest BCUT2D eigenvalue weighted by atomic mass is 10.0. The molecule has 0 saturated heterocycles. The van der Waals surface area contributed by atoms with Gasteiger partial charge in [-0.3, -0.25) is 4.79 Å². The molecule has 1 aliphatic carbocycles. The summed E-state index contributed by atoms with van der Waals surface area (Å²) in [5.41, 5.74) is 2.77. The number of nitrogens with one attached hydrogen (secondary N) is 1. The molecule has 0 aromatic heterocycles. The highest BCUT2D eigenvalue weighted by molar-refractivity contribution is 5.93. The molecule has 0 spiro atoms. The molecule has 1 aromatic rings. The zero-order valence-electron chi connectivity index (χ0n) is 10.6. The third-order valence-electron chi connectivity index (χ3n) is 3.34. The molecule has 2 N–H and O–H groups in total. The van der Waals surface area contributed by atoms with Gasteiger partial charge in [0.1, 0.15) is 0 Å². The summed E-state index contributed by atoms with van der Waals surface area (Å²) >= 11 is 0. The largest absolute Gasteiger partial charge is 0.387 e. The van der Waals surface area contributed by atoms with E-state index in [0.29, 0.717) is 0 Å². The predicted molar refractivity (Wildman–Crippen MR) is 71.1 cm³/mol. The SMILES string of the molecule is Cc1ccccc1C(O)CNC(=O)C1=CCCC1. The normalized spacial score (nSPS) is 16.2. The number of aliphatic hydroxyl groups is 1. The van der Waals surface area contributed by atoms with E-state index >= 15 is 0 Å². The van der Waals surface area contributed by atoms with Gasteiger partial charge in [-0.2, -0.15) is 0 Å². The Morgan fingerprint density at radius 3 is 2.89 bits per heavy atom. The summed E-state index contributed by atoms with van der Waals surface area (Å²) in [5.74, 6) is -0.0415. The molecule has 3 nitrogen and oxygen atoms in total. The first-order chi connectivity index (χ1) is 8.68. The number of aryl methyl sites for hydroxylation is 1. The van der Waals surface area contributed by atoms with E-state index in [2.05, 4.69) is 5.32 Å². The van der Waals surface area contributed by atoms with Gasteiger partial charge < -0.3 is 10.4 Å². The van der Waals surface area contributed by atoms with E-state index in [9.17, 15) is 9.90 Å². The maximum atomic E-state index is 11.8. The van der Waals surface area contributed by atoms with E-state index in [1.54, 1.807) is 0 Å². The molecule has 1 aliphatic rings. The van der Waals surface area contributed by atoms with Gasteiger partial charge in [0.15, 0.2) is 0 Å². The van der Waals surface area contributed by atoms with Crippen molar-refractivity contribution >= 4 is 5.91 Å². The monoisotopic (exact) mass is 245 g/mol. The Morgan fingerprint density at radius 2 is 2.22 bits per heavy atom. The number of carbonyl (C=O) groups excluding carboxylic acids is 1. The van der Waals surface area contributed by atoms with Crippen LogP contribution in [0.5, 0.6) is 0 Å². The molecule has 1 unspecified atom stereocenters. The first-order valence-electron chi connectivity index (χ1n) is 6.39. The van der Waals surface area contributed by atoms with Crippen molar-refractivity contribution in [3.05, 3.63) is 47.0 Å². The van der Waals surface area contributed by atoms with Crippen LogP contribution >= 0.6 is 0 Å². The van der Waals surface area contributed by atoms with Gasteiger partial charge in [-0.25, -0.2) is 0 Å². The molecular formula is C15H19NO2. The molecule has 18 heavy (non-hydrogen) atoms. The highest BCUT2D eigenvalue weighted by atomic mass is 16.3. The van der Waals surface area contributed by atoms with Crippen molar-refractivity contribution in [3.8, 4) is 0 Å². The lowest BCUT2D eigenvalue weighted by Crippen LogP contribution is -2.29. The highest BCUT2D eigenvalue weighted by Gasteiger charge is 2.15. The number of rotatable bonds is 4. The average Bonchev–Trinajstić information content (AvgIpc) is 2.90. The van der Waals surface area contributed by atoms with Crippen molar-refractivity contribution in [2.24, 2.45) is 0 Å². The molecule has 0 heterocycles. The number of hydrogen-bond acceptors (Lipinski definition) is 2. The van der Waals surface area contributed by atoms with Gasteiger partial charge in [-0.05, 0) is 37.3 Å². The molecule has 1 aromatic carbocycles. The minimum atomic E-state index is -0.642. The van der Waals surface area contributed by atoms with Gasteiger partial charge in [0.25, 0.3) is 0 Å². The number of aliphatic hydroxyl groups excluding tert-OH is 1. The van der Waals surface area contributed by atoms with Crippen molar-refractivity contribution < 1.29 is 9.90 Å². The number of amides is 1. The molecule has 2 rings (SSSR count). The standard InChI is InChI=1S/C15H19NO2/c1-11-6-2-5-9-13(11)14(17)10-16-15(18)12-7-3-4-8-12/h2,5-7,9,14,17H,3-4,8,10H2,1H3,(H,16,18). The Morgan fingerprint density at radius 1 is 1.44 bits per heavy atom. The lowest BCUT2D eigenvalue weighted by molar-refractivity contribution is -0.118. The fourth-order valence-electron chi connectivity index (χ4n) is 2.25. The van der Waals surface area contributed by atoms with E-state index in [1.165, 1.54) is 0 Å². The number of benzene rings is 1. The summed E-state index contributed by atoms with van der Waals surface area (Å²) in [6.07, 6.45) is 4.24. The Balaban J connectivity index is 1.90. The molecule has 96 valence electrons. The van der Waals surface area contributed by atoms with Gasteiger partial charge in [0.05, 0.1) is 6.10 Å². The fraction of sp³-hybridized carbons (Fsp3) is 0.400. The highest BCUT2D eigenvalue weighted by Crippen LogP contribution is 2.19. The van der Waals surface area contributed by atoms with Crippen LogP contribution in [0.25, 0.3) is 0 Å². The van der Waals surface area contributed by atoms with Crippen LogP contribution in [0.2, 0.25) is 0 Å². The second-order valence-corrected chi connectivity index (χ2v) is 4.70. The topological polar surface area (TPSA) is 49.3 Å². The molecule has 0 saturated carbocycles. The van der Waals surface area contributed by atoms with E-state index in [0.717, 1.165) is 36.0 Å². The van der Waals surface area contributed by atoms with E-state index in [4.69, 9.17) is 0 Å². The van der Waals surface area contributed by atoms with Gasteiger partial charge in [-0.15, -0.1) is 0 Å². The van der Waals surface area contributed by atoms with E-state index in [1.807, 2.05) is 37.3 Å². The van der Waals surface area contributed by atoms with Crippen molar-refractivity contribution in [1.82, 2.24) is 5.32 Å². The molecule has 0 aliphatic heterocycles. The smallest absolute Gasteiger partial charge is 0.246 e. The fourth-order valence-corrected chi connectivity index (χ4v) is 2.25. The van der Waals surface area contributed by atoms with Crippen molar-refractivity contribution in [2.75, 3.05) is 6.54 Å². The zero-order chi connectivity index (χ0) is 13.0. The Hall–Kier alpha value is -1.61. The number of carbonyl (C=O) groups is 1. The van der Waals surface area contributed by atoms with Crippen LogP contribution in [0, 0.1) is 6.92 Å². The molecule has 0 bridgehead atoms. The van der Waals surface area contributed by atoms with Crippen LogP contribution in [0.4, 0.5) is 0 Å².